The molecule has 110 valence electrons. The maximum Gasteiger partial charge on any atom is 0.323 e. The van der Waals surface area contributed by atoms with Gasteiger partial charge in [0.2, 0.25) is 5.88 Å². The summed E-state index contributed by atoms with van der Waals surface area (Å²) < 4.78 is 5.00. The first-order chi connectivity index (χ1) is 10.1. The molecular formula is C15H15ClN2O3. The highest BCUT2D eigenvalue weighted by Crippen LogP contribution is 2.20. The van der Waals surface area contributed by atoms with Crippen LogP contribution in [0.25, 0.3) is 0 Å². The fourth-order valence-corrected chi connectivity index (χ4v) is 2.03. The van der Waals surface area contributed by atoms with Gasteiger partial charge < -0.3 is 14.7 Å². The number of carbonyl (C=O) groups is 1. The van der Waals surface area contributed by atoms with E-state index in [0.717, 1.165) is 11.3 Å². The second kappa shape index (κ2) is 6.95. The van der Waals surface area contributed by atoms with Gasteiger partial charge in [-0.2, -0.15) is 0 Å². The van der Waals surface area contributed by atoms with Gasteiger partial charge in [-0.05, 0) is 29.8 Å². The van der Waals surface area contributed by atoms with Gasteiger partial charge in [-0.3, -0.25) is 4.79 Å². The van der Waals surface area contributed by atoms with Crippen molar-refractivity contribution in [1.29, 1.82) is 0 Å². The van der Waals surface area contributed by atoms with Crippen LogP contribution in [-0.4, -0.2) is 29.7 Å². The van der Waals surface area contributed by atoms with Gasteiger partial charge in [-0.25, -0.2) is 4.98 Å². The Labute approximate surface area is 127 Å². The van der Waals surface area contributed by atoms with Crippen molar-refractivity contribution in [2.45, 2.75) is 6.54 Å². The zero-order valence-electron chi connectivity index (χ0n) is 11.5. The maximum absolute atomic E-state index is 11.0. The molecule has 2 rings (SSSR count). The van der Waals surface area contributed by atoms with Crippen LogP contribution in [-0.2, 0) is 11.3 Å². The monoisotopic (exact) mass is 306 g/mol. The number of pyridine rings is 1. The molecule has 0 bridgehead atoms. The Morgan fingerprint density at radius 3 is 2.52 bits per heavy atom. The van der Waals surface area contributed by atoms with Crippen molar-refractivity contribution >= 4 is 23.3 Å². The summed E-state index contributed by atoms with van der Waals surface area (Å²) in [6, 6.07) is 10.7. The van der Waals surface area contributed by atoms with Crippen molar-refractivity contribution in [3.05, 3.63) is 53.2 Å². The standard InChI is InChI=1S/C15H15ClN2O3/c1-21-14-7-2-11(8-17-14)9-18(10-15(19)20)13-5-3-12(16)4-6-13/h2-8H,9-10H2,1H3,(H,19,20). The molecule has 0 fully saturated rings. The van der Waals surface area contributed by atoms with E-state index in [0.29, 0.717) is 17.4 Å². The summed E-state index contributed by atoms with van der Waals surface area (Å²) in [7, 11) is 1.55. The Balaban J connectivity index is 2.19. The average Bonchev–Trinajstić information content (AvgIpc) is 2.48. The number of carboxylic acids is 1. The number of anilines is 1. The van der Waals surface area contributed by atoms with Gasteiger partial charge in [0.25, 0.3) is 0 Å². The Kier molecular flexibility index (Phi) is 5.00. The average molecular weight is 307 g/mol. The summed E-state index contributed by atoms with van der Waals surface area (Å²) in [5, 5.41) is 9.67. The number of methoxy groups -OCH3 is 1. The van der Waals surface area contributed by atoms with E-state index in [9.17, 15) is 4.79 Å². The lowest BCUT2D eigenvalue weighted by Crippen LogP contribution is -2.29. The van der Waals surface area contributed by atoms with Gasteiger partial charge in [-0.15, -0.1) is 0 Å². The number of rotatable bonds is 6. The summed E-state index contributed by atoms with van der Waals surface area (Å²) in [5.41, 5.74) is 1.68. The molecule has 0 radical (unpaired) electrons. The molecule has 0 unspecified atom stereocenters. The first-order valence-electron chi connectivity index (χ1n) is 6.29. The topological polar surface area (TPSA) is 62.7 Å². The van der Waals surface area contributed by atoms with Crippen LogP contribution in [0.2, 0.25) is 5.02 Å². The summed E-state index contributed by atoms with van der Waals surface area (Å²) in [4.78, 5) is 16.9. The Bertz CT molecular complexity index is 599. The summed E-state index contributed by atoms with van der Waals surface area (Å²) >= 11 is 5.86. The Morgan fingerprint density at radius 2 is 2.00 bits per heavy atom. The summed E-state index contributed by atoms with van der Waals surface area (Å²) in [5.74, 6) is -0.374. The lowest BCUT2D eigenvalue weighted by molar-refractivity contribution is -0.135. The molecule has 0 aliphatic heterocycles. The highest BCUT2D eigenvalue weighted by Gasteiger charge is 2.12. The first kappa shape index (κ1) is 15.1. The second-order valence-corrected chi connectivity index (χ2v) is 4.87. The lowest BCUT2D eigenvalue weighted by atomic mass is 10.2. The highest BCUT2D eigenvalue weighted by molar-refractivity contribution is 6.30. The van der Waals surface area contributed by atoms with Crippen LogP contribution < -0.4 is 9.64 Å². The van der Waals surface area contributed by atoms with E-state index in [4.69, 9.17) is 21.4 Å². The Morgan fingerprint density at radius 1 is 1.29 bits per heavy atom. The minimum atomic E-state index is -0.897. The summed E-state index contributed by atoms with van der Waals surface area (Å²) in [6.45, 7) is 0.332. The Hall–Kier alpha value is -2.27. The van der Waals surface area contributed by atoms with E-state index in [2.05, 4.69) is 4.98 Å². The van der Waals surface area contributed by atoms with Gasteiger partial charge in [0.1, 0.15) is 6.54 Å². The van der Waals surface area contributed by atoms with E-state index >= 15 is 0 Å². The molecule has 0 amide bonds. The molecule has 0 atom stereocenters. The van der Waals surface area contributed by atoms with Crippen LogP contribution in [0.3, 0.4) is 0 Å². The van der Waals surface area contributed by atoms with E-state index < -0.39 is 5.97 Å². The van der Waals surface area contributed by atoms with Crippen molar-refractivity contribution in [2.75, 3.05) is 18.6 Å². The molecular weight excluding hydrogens is 292 g/mol. The van der Waals surface area contributed by atoms with Crippen molar-refractivity contribution in [3.63, 3.8) is 0 Å². The predicted molar refractivity (Wildman–Crippen MR) is 80.9 cm³/mol. The predicted octanol–water partition coefficient (Wildman–Crippen LogP) is 2.83. The van der Waals surface area contributed by atoms with Crippen molar-refractivity contribution in [3.8, 4) is 5.88 Å². The number of aromatic nitrogens is 1. The largest absolute Gasteiger partial charge is 0.481 e. The number of hydrogen-bond donors (Lipinski definition) is 1. The number of ether oxygens (including phenoxy) is 1. The molecule has 5 nitrogen and oxygen atoms in total. The molecule has 1 N–H and O–H groups in total. The minimum Gasteiger partial charge on any atom is -0.481 e. The quantitative estimate of drug-likeness (QED) is 0.889. The third-order valence-corrected chi connectivity index (χ3v) is 3.15. The fourth-order valence-electron chi connectivity index (χ4n) is 1.90. The molecule has 1 aromatic heterocycles. The van der Waals surface area contributed by atoms with Gasteiger partial charge in [0.05, 0.1) is 7.11 Å². The minimum absolute atomic E-state index is 0.104. The molecule has 0 saturated heterocycles. The number of aliphatic carboxylic acids is 1. The SMILES string of the molecule is COc1ccc(CN(CC(=O)O)c2ccc(Cl)cc2)cn1. The molecule has 6 heteroatoms. The van der Waals surface area contributed by atoms with Crippen LogP contribution in [0.1, 0.15) is 5.56 Å². The third-order valence-electron chi connectivity index (χ3n) is 2.90. The number of halogens is 1. The highest BCUT2D eigenvalue weighted by atomic mass is 35.5. The third kappa shape index (κ3) is 4.36. The molecule has 0 aliphatic rings. The van der Waals surface area contributed by atoms with E-state index in [1.54, 1.807) is 48.5 Å². The molecule has 2 aromatic rings. The van der Waals surface area contributed by atoms with Crippen LogP contribution in [0.4, 0.5) is 5.69 Å². The first-order valence-corrected chi connectivity index (χ1v) is 6.67. The number of carboxylic acid groups (broad SMARTS) is 1. The van der Waals surface area contributed by atoms with Crippen LogP contribution >= 0.6 is 11.6 Å². The smallest absolute Gasteiger partial charge is 0.323 e. The van der Waals surface area contributed by atoms with Crippen molar-refractivity contribution in [1.82, 2.24) is 4.98 Å². The number of nitrogens with zero attached hydrogens (tertiary/aromatic N) is 2. The molecule has 21 heavy (non-hydrogen) atoms. The molecule has 0 saturated carbocycles. The van der Waals surface area contributed by atoms with Crippen LogP contribution in [0, 0.1) is 0 Å². The van der Waals surface area contributed by atoms with Gasteiger partial charge >= 0.3 is 5.97 Å². The van der Waals surface area contributed by atoms with E-state index in [1.165, 1.54) is 0 Å². The molecule has 0 spiro atoms. The van der Waals surface area contributed by atoms with Crippen LogP contribution in [0.15, 0.2) is 42.6 Å². The van der Waals surface area contributed by atoms with Gasteiger partial charge in [-0.1, -0.05) is 17.7 Å². The molecule has 1 heterocycles. The molecule has 0 aliphatic carbocycles. The normalized spacial score (nSPS) is 10.2. The van der Waals surface area contributed by atoms with E-state index in [1.807, 2.05) is 6.07 Å². The van der Waals surface area contributed by atoms with Gasteiger partial charge in [0.15, 0.2) is 0 Å². The zero-order chi connectivity index (χ0) is 15.2. The number of hydrogen-bond acceptors (Lipinski definition) is 4. The number of benzene rings is 1. The van der Waals surface area contributed by atoms with Gasteiger partial charge in [0, 0.05) is 29.5 Å². The zero-order valence-corrected chi connectivity index (χ0v) is 12.2. The fraction of sp³-hybridized carbons (Fsp3) is 0.200. The lowest BCUT2D eigenvalue weighted by Gasteiger charge is -2.23. The second-order valence-electron chi connectivity index (χ2n) is 4.44. The van der Waals surface area contributed by atoms with Crippen molar-refractivity contribution < 1.29 is 14.6 Å². The van der Waals surface area contributed by atoms with Crippen LogP contribution in [0.5, 0.6) is 5.88 Å². The van der Waals surface area contributed by atoms with Crippen molar-refractivity contribution in [2.24, 2.45) is 0 Å². The molecule has 1 aromatic carbocycles. The summed E-state index contributed by atoms with van der Waals surface area (Å²) in [6.07, 6.45) is 1.67. The van der Waals surface area contributed by atoms with E-state index in [-0.39, 0.29) is 6.54 Å². The maximum atomic E-state index is 11.0.